The number of halogens is 1. The standard InChI is InChI=1S/C20H24N6O.HI/c1-3-22-20(24-12-16-4-7-18(27-2)8-5-16)25-14-17-6-9-19(23-13-17)26-11-10-21-15-26;/h4-11,13,15H,3,12,14H2,1-2H3,(H2,22,24,25);1H. The van der Waals surface area contributed by atoms with Crippen molar-refractivity contribution >= 4 is 29.9 Å². The average Bonchev–Trinajstić information content (AvgIpc) is 3.26. The van der Waals surface area contributed by atoms with Crippen LogP contribution in [0.3, 0.4) is 0 Å². The van der Waals surface area contributed by atoms with Gasteiger partial charge in [0.25, 0.3) is 0 Å². The smallest absolute Gasteiger partial charge is 0.191 e. The third-order valence-corrected chi connectivity index (χ3v) is 3.96. The quantitative estimate of drug-likeness (QED) is 0.301. The first-order valence-electron chi connectivity index (χ1n) is 8.87. The highest BCUT2D eigenvalue weighted by atomic mass is 127. The molecule has 28 heavy (non-hydrogen) atoms. The number of nitrogens with zero attached hydrogens (tertiary/aromatic N) is 4. The predicted octanol–water partition coefficient (Wildman–Crippen LogP) is 3.15. The van der Waals surface area contributed by atoms with Crippen molar-refractivity contribution in [3.8, 4) is 11.6 Å². The zero-order valence-electron chi connectivity index (χ0n) is 16.0. The van der Waals surface area contributed by atoms with E-state index in [1.54, 1.807) is 19.6 Å². The monoisotopic (exact) mass is 492 g/mol. The van der Waals surface area contributed by atoms with Gasteiger partial charge < -0.3 is 15.4 Å². The third kappa shape index (κ3) is 6.22. The van der Waals surface area contributed by atoms with Crippen molar-refractivity contribution in [2.75, 3.05) is 13.7 Å². The van der Waals surface area contributed by atoms with E-state index in [2.05, 4.69) is 25.6 Å². The summed E-state index contributed by atoms with van der Waals surface area (Å²) in [5.74, 6) is 2.46. The lowest BCUT2D eigenvalue weighted by Crippen LogP contribution is -2.36. The number of hydrogen-bond donors (Lipinski definition) is 2. The highest BCUT2D eigenvalue weighted by molar-refractivity contribution is 14.0. The van der Waals surface area contributed by atoms with Gasteiger partial charge in [-0.25, -0.2) is 15.0 Å². The first kappa shape index (κ1) is 21.7. The number of rotatable bonds is 7. The molecule has 0 amide bonds. The molecule has 2 N–H and O–H groups in total. The molecule has 8 heteroatoms. The number of guanidine groups is 1. The highest BCUT2D eigenvalue weighted by Gasteiger charge is 2.01. The molecule has 148 valence electrons. The van der Waals surface area contributed by atoms with Crippen LogP contribution in [0.1, 0.15) is 18.1 Å². The Bertz CT molecular complexity index is 847. The average molecular weight is 492 g/mol. The summed E-state index contributed by atoms with van der Waals surface area (Å²) in [6.45, 7) is 4.08. The topological polar surface area (TPSA) is 76.4 Å². The van der Waals surface area contributed by atoms with Gasteiger partial charge in [0.15, 0.2) is 5.96 Å². The van der Waals surface area contributed by atoms with Gasteiger partial charge in [-0.15, -0.1) is 24.0 Å². The van der Waals surface area contributed by atoms with Gasteiger partial charge >= 0.3 is 0 Å². The Kier molecular flexibility index (Phi) is 8.73. The number of benzene rings is 1. The summed E-state index contributed by atoms with van der Waals surface area (Å²) in [4.78, 5) is 13.1. The number of aromatic nitrogens is 3. The normalized spacial score (nSPS) is 10.9. The van der Waals surface area contributed by atoms with Gasteiger partial charge in [-0.05, 0) is 36.2 Å². The maximum absolute atomic E-state index is 5.19. The summed E-state index contributed by atoms with van der Waals surface area (Å²) < 4.78 is 7.05. The number of methoxy groups -OCH3 is 1. The Morgan fingerprint density at radius 1 is 1.11 bits per heavy atom. The second-order valence-corrected chi connectivity index (χ2v) is 5.89. The minimum absolute atomic E-state index is 0. The molecule has 2 heterocycles. The van der Waals surface area contributed by atoms with Crippen LogP contribution in [0.2, 0.25) is 0 Å². The fourth-order valence-corrected chi connectivity index (χ4v) is 2.50. The molecule has 0 radical (unpaired) electrons. The zero-order chi connectivity index (χ0) is 18.9. The van der Waals surface area contributed by atoms with Crippen molar-refractivity contribution in [3.05, 3.63) is 72.4 Å². The van der Waals surface area contributed by atoms with Crippen molar-refractivity contribution < 1.29 is 4.74 Å². The van der Waals surface area contributed by atoms with E-state index in [0.29, 0.717) is 13.1 Å². The van der Waals surface area contributed by atoms with E-state index in [1.165, 1.54) is 0 Å². The largest absolute Gasteiger partial charge is 0.497 e. The van der Waals surface area contributed by atoms with E-state index in [0.717, 1.165) is 35.2 Å². The number of pyridine rings is 1. The van der Waals surface area contributed by atoms with Crippen LogP contribution in [-0.2, 0) is 13.1 Å². The van der Waals surface area contributed by atoms with Crippen molar-refractivity contribution in [2.24, 2.45) is 4.99 Å². The molecule has 0 spiro atoms. The summed E-state index contributed by atoms with van der Waals surface area (Å²) in [7, 11) is 1.67. The Labute approximate surface area is 182 Å². The van der Waals surface area contributed by atoms with Gasteiger partial charge in [0.1, 0.15) is 17.9 Å². The van der Waals surface area contributed by atoms with Gasteiger partial charge in [-0.2, -0.15) is 0 Å². The molecule has 7 nitrogen and oxygen atoms in total. The SMILES string of the molecule is CCNC(=NCc1ccc(-n2ccnc2)nc1)NCc1ccc(OC)cc1.I. The Morgan fingerprint density at radius 2 is 1.89 bits per heavy atom. The molecular weight excluding hydrogens is 467 g/mol. The molecule has 3 rings (SSSR count). The first-order chi connectivity index (χ1) is 13.3. The second kappa shape index (κ2) is 11.3. The lowest BCUT2D eigenvalue weighted by atomic mass is 10.2. The maximum atomic E-state index is 5.19. The van der Waals surface area contributed by atoms with Crippen LogP contribution in [0.25, 0.3) is 5.82 Å². The Hall–Kier alpha value is -2.62. The molecule has 0 aliphatic carbocycles. The molecule has 0 saturated carbocycles. The van der Waals surface area contributed by atoms with E-state index < -0.39 is 0 Å². The van der Waals surface area contributed by atoms with E-state index in [1.807, 2.05) is 60.3 Å². The molecule has 0 bridgehead atoms. The maximum Gasteiger partial charge on any atom is 0.191 e. The molecule has 1 aromatic carbocycles. The minimum Gasteiger partial charge on any atom is -0.497 e. The number of imidazole rings is 1. The van der Waals surface area contributed by atoms with E-state index in [9.17, 15) is 0 Å². The van der Waals surface area contributed by atoms with Crippen molar-refractivity contribution in [2.45, 2.75) is 20.0 Å². The lowest BCUT2D eigenvalue weighted by molar-refractivity contribution is 0.414. The second-order valence-electron chi connectivity index (χ2n) is 5.89. The Balaban J connectivity index is 0.00000280. The van der Waals surface area contributed by atoms with E-state index >= 15 is 0 Å². The lowest BCUT2D eigenvalue weighted by Gasteiger charge is -2.12. The van der Waals surface area contributed by atoms with E-state index in [-0.39, 0.29) is 24.0 Å². The molecule has 3 aromatic rings. The number of hydrogen-bond acceptors (Lipinski definition) is 4. The van der Waals surface area contributed by atoms with Crippen LogP contribution in [0.4, 0.5) is 0 Å². The third-order valence-electron chi connectivity index (χ3n) is 3.96. The molecule has 0 aliphatic rings. The number of nitrogens with one attached hydrogen (secondary N) is 2. The number of ether oxygens (including phenoxy) is 1. The first-order valence-corrected chi connectivity index (χ1v) is 8.87. The number of aliphatic imine (C=N–C) groups is 1. The fraction of sp³-hybridized carbons (Fsp3) is 0.250. The molecule has 0 saturated heterocycles. The molecular formula is C20H25IN6O. The van der Waals surface area contributed by atoms with Crippen LogP contribution in [-0.4, -0.2) is 34.1 Å². The minimum atomic E-state index is 0. The van der Waals surface area contributed by atoms with Gasteiger partial charge in [0.05, 0.1) is 13.7 Å². The van der Waals surface area contributed by atoms with Crippen LogP contribution in [0, 0.1) is 0 Å². The van der Waals surface area contributed by atoms with Crippen molar-refractivity contribution in [1.82, 2.24) is 25.2 Å². The molecule has 0 unspecified atom stereocenters. The van der Waals surface area contributed by atoms with Gasteiger partial charge in [-0.1, -0.05) is 18.2 Å². The highest BCUT2D eigenvalue weighted by Crippen LogP contribution is 2.11. The van der Waals surface area contributed by atoms with Crippen LogP contribution < -0.4 is 15.4 Å². The summed E-state index contributed by atoms with van der Waals surface area (Å²) in [6.07, 6.45) is 7.17. The molecule has 0 fully saturated rings. The van der Waals surface area contributed by atoms with E-state index in [4.69, 9.17) is 4.74 Å². The Morgan fingerprint density at radius 3 is 2.50 bits per heavy atom. The molecule has 0 aliphatic heterocycles. The van der Waals surface area contributed by atoms with Gasteiger partial charge in [0, 0.05) is 31.7 Å². The van der Waals surface area contributed by atoms with Crippen molar-refractivity contribution in [1.29, 1.82) is 0 Å². The zero-order valence-corrected chi connectivity index (χ0v) is 18.3. The summed E-state index contributed by atoms with van der Waals surface area (Å²) in [5.41, 5.74) is 2.20. The van der Waals surface area contributed by atoms with Crippen LogP contribution in [0.15, 0.2) is 66.3 Å². The summed E-state index contributed by atoms with van der Waals surface area (Å²) >= 11 is 0. The molecule has 2 aromatic heterocycles. The predicted molar refractivity (Wildman–Crippen MR) is 121 cm³/mol. The van der Waals surface area contributed by atoms with Crippen LogP contribution >= 0.6 is 24.0 Å². The molecule has 0 atom stereocenters. The van der Waals surface area contributed by atoms with Crippen LogP contribution in [0.5, 0.6) is 5.75 Å². The summed E-state index contributed by atoms with van der Waals surface area (Å²) in [6, 6.07) is 12.0. The van der Waals surface area contributed by atoms with Gasteiger partial charge in [-0.3, -0.25) is 4.57 Å². The summed E-state index contributed by atoms with van der Waals surface area (Å²) in [5, 5.41) is 6.60. The fourth-order valence-electron chi connectivity index (χ4n) is 2.50. The van der Waals surface area contributed by atoms with Gasteiger partial charge in [0.2, 0.25) is 0 Å². The van der Waals surface area contributed by atoms with Crippen molar-refractivity contribution in [3.63, 3.8) is 0 Å².